The molecule has 0 spiro atoms. The van der Waals surface area contributed by atoms with E-state index in [1.807, 2.05) is 0 Å². The number of hydrogen-bond acceptors (Lipinski definition) is 4. The Labute approximate surface area is 157 Å². The van der Waals surface area contributed by atoms with Crippen LogP contribution < -0.4 is 0 Å². The van der Waals surface area contributed by atoms with Crippen LogP contribution >= 0.6 is 0 Å². The van der Waals surface area contributed by atoms with Crippen LogP contribution in [-0.4, -0.2) is 66.5 Å². The number of carboxylic acids is 1. The summed E-state index contributed by atoms with van der Waals surface area (Å²) < 4.78 is 41.4. The molecule has 2 fully saturated rings. The minimum absolute atomic E-state index is 0.0231. The average Bonchev–Trinajstić information content (AvgIpc) is 2.87. The molecule has 1 atom stereocenters. The number of likely N-dealkylation sites (tertiary alicyclic amines) is 1. The smallest absolute Gasteiger partial charge is 0.343 e. The predicted octanol–water partition coefficient (Wildman–Crippen LogP) is 1.89. The first kappa shape index (κ1) is 19.8. The minimum Gasteiger partial charge on any atom is -0.479 e. The van der Waals surface area contributed by atoms with Crippen molar-refractivity contribution >= 4 is 21.9 Å². The number of carbonyl (C=O) groups is 2. The van der Waals surface area contributed by atoms with E-state index >= 15 is 0 Å². The van der Waals surface area contributed by atoms with Gasteiger partial charge in [-0.05, 0) is 31.0 Å². The Hall–Kier alpha value is -2.00. The van der Waals surface area contributed by atoms with Crippen molar-refractivity contribution in [2.24, 2.45) is 0 Å². The number of carbonyl (C=O) groups excluding carboxylic acids is 1. The lowest BCUT2D eigenvalue weighted by Crippen LogP contribution is -2.39. The van der Waals surface area contributed by atoms with Crippen molar-refractivity contribution in [3.63, 3.8) is 0 Å². The highest BCUT2D eigenvalue weighted by Crippen LogP contribution is 2.28. The van der Waals surface area contributed by atoms with Crippen LogP contribution in [0.5, 0.6) is 0 Å². The molecule has 1 amide bonds. The lowest BCUT2D eigenvalue weighted by molar-refractivity contribution is -0.149. The topological polar surface area (TPSA) is 95.0 Å². The van der Waals surface area contributed by atoms with E-state index in [4.69, 9.17) is 5.11 Å². The highest BCUT2D eigenvalue weighted by molar-refractivity contribution is 7.89. The summed E-state index contributed by atoms with van der Waals surface area (Å²) in [5.74, 6) is -2.15. The molecule has 0 saturated carbocycles. The van der Waals surface area contributed by atoms with E-state index in [2.05, 4.69) is 0 Å². The minimum atomic E-state index is -3.71. The Bertz CT molecular complexity index is 836. The van der Waals surface area contributed by atoms with Crippen LogP contribution in [0.3, 0.4) is 0 Å². The molecule has 3 rings (SSSR count). The number of nitrogens with zero attached hydrogens (tertiary/aromatic N) is 2. The summed E-state index contributed by atoms with van der Waals surface area (Å²) in [5.41, 5.74) is -2.34. The Morgan fingerprint density at radius 3 is 2.33 bits per heavy atom. The van der Waals surface area contributed by atoms with Gasteiger partial charge in [0.25, 0.3) is 5.91 Å². The van der Waals surface area contributed by atoms with Gasteiger partial charge in [0.05, 0.1) is 11.4 Å². The van der Waals surface area contributed by atoms with Crippen molar-refractivity contribution < 1.29 is 27.5 Å². The lowest BCUT2D eigenvalue weighted by Gasteiger charge is -2.21. The SMILES string of the molecule is O=C(c1cccc(S(=O)(=O)N2CCCCCC2)c1)N1CCC(F)(C(=O)O)C1. The van der Waals surface area contributed by atoms with Crippen molar-refractivity contribution in [3.05, 3.63) is 29.8 Å². The molecule has 1 aromatic carbocycles. The van der Waals surface area contributed by atoms with Gasteiger partial charge in [-0.3, -0.25) is 4.79 Å². The van der Waals surface area contributed by atoms with Gasteiger partial charge >= 0.3 is 5.97 Å². The van der Waals surface area contributed by atoms with E-state index in [1.165, 1.54) is 28.6 Å². The van der Waals surface area contributed by atoms with Crippen molar-refractivity contribution in [1.82, 2.24) is 9.21 Å². The quantitative estimate of drug-likeness (QED) is 0.836. The summed E-state index contributed by atoms with van der Waals surface area (Å²) in [4.78, 5) is 24.8. The highest BCUT2D eigenvalue weighted by atomic mass is 32.2. The Kier molecular flexibility index (Phi) is 5.53. The predicted molar refractivity (Wildman–Crippen MR) is 95.7 cm³/mol. The maximum absolute atomic E-state index is 14.2. The molecule has 2 aliphatic heterocycles. The molecule has 1 unspecified atom stereocenters. The molecule has 2 aliphatic rings. The van der Waals surface area contributed by atoms with Crippen molar-refractivity contribution in [2.45, 2.75) is 42.7 Å². The van der Waals surface area contributed by atoms with E-state index < -0.39 is 34.1 Å². The van der Waals surface area contributed by atoms with Crippen LogP contribution in [0.1, 0.15) is 42.5 Å². The number of benzene rings is 1. The molecule has 9 heteroatoms. The van der Waals surface area contributed by atoms with Crippen molar-refractivity contribution in [3.8, 4) is 0 Å². The highest BCUT2D eigenvalue weighted by Gasteiger charge is 2.47. The van der Waals surface area contributed by atoms with Gasteiger partial charge in [0.15, 0.2) is 0 Å². The third-order valence-corrected chi connectivity index (χ3v) is 7.07. The van der Waals surface area contributed by atoms with Crippen molar-refractivity contribution in [1.29, 1.82) is 0 Å². The Morgan fingerprint density at radius 1 is 1.07 bits per heavy atom. The van der Waals surface area contributed by atoms with Crippen LogP contribution in [0.2, 0.25) is 0 Å². The fraction of sp³-hybridized carbons (Fsp3) is 0.556. The molecule has 27 heavy (non-hydrogen) atoms. The second-order valence-electron chi connectivity index (χ2n) is 7.09. The van der Waals surface area contributed by atoms with Crippen LogP contribution in [0.4, 0.5) is 4.39 Å². The normalized spacial score (nSPS) is 24.6. The molecule has 2 saturated heterocycles. The van der Waals surface area contributed by atoms with Gasteiger partial charge in [0.1, 0.15) is 0 Å². The molecule has 7 nitrogen and oxygen atoms in total. The van der Waals surface area contributed by atoms with Gasteiger partial charge < -0.3 is 10.0 Å². The Balaban J connectivity index is 1.81. The molecule has 0 radical (unpaired) electrons. The van der Waals surface area contributed by atoms with Gasteiger partial charge in [-0.2, -0.15) is 4.31 Å². The first-order chi connectivity index (χ1) is 12.7. The molecule has 148 valence electrons. The van der Waals surface area contributed by atoms with E-state index in [0.29, 0.717) is 13.1 Å². The molecule has 1 aromatic rings. The summed E-state index contributed by atoms with van der Waals surface area (Å²) in [6.45, 7) is 0.347. The molecular formula is C18H23FN2O5S. The monoisotopic (exact) mass is 398 g/mol. The number of carboxylic acid groups (broad SMARTS) is 1. The maximum Gasteiger partial charge on any atom is 0.343 e. The van der Waals surface area contributed by atoms with Gasteiger partial charge in [0.2, 0.25) is 15.7 Å². The standard InChI is InChI=1S/C18H23FN2O5S/c19-18(17(23)24)8-11-20(13-18)16(22)14-6-5-7-15(12-14)27(25,26)21-9-3-1-2-4-10-21/h5-7,12H,1-4,8-11,13H2,(H,23,24). The molecular weight excluding hydrogens is 375 g/mol. The second-order valence-corrected chi connectivity index (χ2v) is 9.03. The number of halogens is 1. The van der Waals surface area contributed by atoms with Crippen molar-refractivity contribution in [2.75, 3.05) is 26.2 Å². The van der Waals surface area contributed by atoms with Crippen LogP contribution in [-0.2, 0) is 14.8 Å². The average molecular weight is 398 g/mol. The molecule has 0 aliphatic carbocycles. The fourth-order valence-corrected chi connectivity index (χ4v) is 5.09. The van der Waals surface area contributed by atoms with E-state index in [9.17, 15) is 22.4 Å². The molecule has 1 N–H and O–H groups in total. The fourth-order valence-electron chi connectivity index (χ4n) is 3.52. The van der Waals surface area contributed by atoms with Gasteiger partial charge in [-0.25, -0.2) is 17.6 Å². The molecule has 0 aromatic heterocycles. The summed E-state index contributed by atoms with van der Waals surface area (Å²) in [5, 5.41) is 8.96. The van der Waals surface area contributed by atoms with Gasteiger partial charge in [0, 0.05) is 31.6 Å². The summed E-state index contributed by atoms with van der Waals surface area (Å²) in [6, 6.07) is 5.68. The van der Waals surface area contributed by atoms with Crippen LogP contribution in [0.15, 0.2) is 29.2 Å². The Morgan fingerprint density at radius 2 is 1.74 bits per heavy atom. The number of rotatable bonds is 4. The number of amides is 1. The zero-order chi connectivity index (χ0) is 19.7. The summed E-state index contributed by atoms with van der Waals surface area (Å²) in [7, 11) is -3.71. The third kappa shape index (κ3) is 3.98. The van der Waals surface area contributed by atoms with E-state index in [1.54, 1.807) is 0 Å². The van der Waals surface area contributed by atoms with Crippen LogP contribution in [0.25, 0.3) is 0 Å². The van der Waals surface area contributed by atoms with E-state index in [-0.39, 0.29) is 23.4 Å². The first-order valence-electron chi connectivity index (χ1n) is 9.06. The number of alkyl halides is 1. The second kappa shape index (κ2) is 7.55. The largest absolute Gasteiger partial charge is 0.479 e. The zero-order valence-corrected chi connectivity index (χ0v) is 15.8. The lowest BCUT2D eigenvalue weighted by atomic mass is 10.1. The molecule has 2 heterocycles. The number of aliphatic carboxylic acids is 1. The first-order valence-corrected chi connectivity index (χ1v) is 10.5. The summed E-state index contributed by atoms with van der Waals surface area (Å²) >= 11 is 0. The summed E-state index contributed by atoms with van der Waals surface area (Å²) in [6.07, 6.45) is 3.32. The number of hydrogen-bond donors (Lipinski definition) is 1. The zero-order valence-electron chi connectivity index (χ0n) is 14.9. The van der Waals surface area contributed by atoms with Gasteiger partial charge in [-0.15, -0.1) is 0 Å². The van der Waals surface area contributed by atoms with Crippen LogP contribution in [0, 0.1) is 0 Å². The van der Waals surface area contributed by atoms with Gasteiger partial charge in [-0.1, -0.05) is 18.9 Å². The third-order valence-electron chi connectivity index (χ3n) is 5.17. The maximum atomic E-state index is 14.2. The molecule has 0 bridgehead atoms. The number of sulfonamides is 1. The van der Waals surface area contributed by atoms with E-state index in [0.717, 1.165) is 30.6 Å².